The van der Waals surface area contributed by atoms with Crippen molar-refractivity contribution in [3.63, 3.8) is 0 Å². The topological polar surface area (TPSA) is 52.3 Å². The van der Waals surface area contributed by atoms with Gasteiger partial charge in [-0.2, -0.15) is 5.90 Å². The van der Waals surface area contributed by atoms with Crippen LogP contribution in [0.2, 0.25) is 0 Å². The van der Waals surface area contributed by atoms with Gasteiger partial charge in [-0.1, -0.05) is 0 Å². The van der Waals surface area contributed by atoms with Gasteiger partial charge in [-0.05, 0) is 0 Å². The molecule has 0 spiro atoms. The summed E-state index contributed by atoms with van der Waals surface area (Å²) < 4.78 is 0. The number of rotatable bonds is 1. The van der Waals surface area contributed by atoms with Crippen molar-refractivity contribution >= 4 is 6.47 Å². The predicted octanol–water partition coefficient (Wildman–Crippen LogP) is -0.969. The largest absolute Gasteiger partial charge is 0.376 e. The smallest absolute Gasteiger partial charge is 0.312 e. The third-order valence-corrected chi connectivity index (χ3v) is 0.0556. The SMILES string of the molecule is NOC=O.[Ni]. The molecule has 0 atom stereocenters. The van der Waals surface area contributed by atoms with Gasteiger partial charge >= 0.3 is 6.47 Å². The van der Waals surface area contributed by atoms with Gasteiger partial charge in [0.05, 0.1) is 0 Å². The molecule has 0 fully saturated rings. The first kappa shape index (κ1) is 8.87. The van der Waals surface area contributed by atoms with Gasteiger partial charge in [0.1, 0.15) is 0 Å². The summed E-state index contributed by atoms with van der Waals surface area (Å²) in [5.41, 5.74) is 0. The molecule has 4 heteroatoms. The molecule has 0 aliphatic heterocycles. The molecule has 0 aliphatic rings. The van der Waals surface area contributed by atoms with Crippen LogP contribution in [0.1, 0.15) is 0 Å². The molecular formula is CH3NNiO2. The molecule has 0 radical (unpaired) electrons. The predicted molar refractivity (Wildman–Crippen MR) is 11.3 cm³/mol. The van der Waals surface area contributed by atoms with Crippen molar-refractivity contribution in [3.05, 3.63) is 0 Å². The Hall–Kier alpha value is -0.0765. The first-order chi connectivity index (χ1) is 1.91. The molecule has 0 saturated heterocycles. The van der Waals surface area contributed by atoms with Crippen molar-refractivity contribution in [2.45, 2.75) is 0 Å². The Labute approximate surface area is 39.4 Å². The zero-order valence-corrected chi connectivity index (χ0v) is 3.28. The quantitative estimate of drug-likeness (QED) is 0.275. The zero-order chi connectivity index (χ0) is 3.41. The number of carbonyl (C=O) groups is 1. The average Bonchev–Trinajstić information content (AvgIpc) is 1.37. The Morgan fingerprint density at radius 2 is 2.00 bits per heavy atom. The van der Waals surface area contributed by atoms with Crippen LogP contribution in [0, 0.1) is 0 Å². The minimum atomic E-state index is 0. The molecule has 0 unspecified atom stereocenters. The summed E-state index contributed by atoms with van der Waals surface area (Å²) in [6.07, 6.45) is 0. The molecular weight excluding hydrogens is 117 g/mol. The van der Waals surface area contributed by atoms with Crippen molar-refractivity contribution in [3.8, 4) is 0 Å². The molecule has 3 nitrogen and oxygen atoms in total. The molecule has 5 heavy (non-hydrogen) atoms. The van der Waals surface area contributed by atoms with Gasteiger partial charge in [0.15, 0.2) is 0 Å². The first-order valence-electron chi connectivity index (χ1n) is 0.707. The van der Waals surface area contributed by atoms with Gasteiger partial charge in [-0.15, -0.1) is 0 Å². The van der Waals surface area contributed by atoms with Gasteiger partial charge in [-0.3, -0.25) is 4.79 Å². The van der Waals surface area contributed by atoms with Gasteiger partial charge in [0.25, 0.3) is 0 Å². The molecule has 0 amide bonds. The molecule has 0 heterocycles. The molecule has 34 valence electrons. The summed E-state index contributed by atoms with van der Waals surface area (Å²) in [6.45, 7) is 0.153. The van der Waals surface area contributed by atoms with Crippen LogP contribution in [0.25, 0.3) is 0 Å². The summed E-state index contributed by atoms with van der Waals surface area (Å²) in [7, 11) is 0. The van der Waals surface area contributed by atoms with Crippen LogP contribution >= 0.6 is 0 Å². The van der Waals surface area contributed by atoms with Crippen LogP contribution in [0.5, 0.6) is 0 Å². The number of hydrogen-bond acceptors (Lipinski definition) is 3. The van der Waals surface area contributed by atoms with Crippen LogP contribution < -0.4 is 5.90 Å². The monoisotopic (exact) mass is 119 g/mol. The minimum Gasteiger partial charge on any atom is -0.376 e. The van der Waals surface area contributed by atoms with Crippen LogP contribution in [-0.2, 0) is 26.1 Å². The van der Waals surface area contributed by atoms with Crippen molar-refractivity contribution < 1.29 is 26.1 Å². The Morgan fingerprint density at radius 3 is 2.00 bits per heavy atom. The number of nitrogens with two attached hydrogens (primary N) is 1. The van der Waals surface area contributed by atoms with Crippen molar-refractivity contribution in [1.82, 2.24) is 0 Å². The fourth-order valence-corrected chi connectivity index (χ4v) is 0. The van der Waals surface area contributed by atoms with E-state index in [0.717, 1.165) is 0 Å². The summed E-state index contributed by atoms with van der Waals surface area (Å²) in [4.78, 5) is 12.2. The van der Waals surface area contributed by atoms with E-state index in [0.29, 0.717) is 0 Å². The first-order valence-corrected chi connectivity index (χ1v) is 0.707. The van der Waals surface area contributed by atoms with Gasteiger partial charge in [0, 0.05) is 16.5 Å². The maximum Gasteiger partial charge on any atom is 0.312 e. The zero-order valence-electron chi connectivity index (χ0n) is 2.29. The van der Waals surface area contributed by atoms with E-state index in [-0.39, 0.29) is 23.0 Å². The fourth-order valence-electron chi connectivity index (χ4n) is 0. The van der Waals surface area contributed by atoms with Gasteiger partial charge < -0.3 is 4.84 Å². The van der Waals surface area contributed by atoms with E-state index in [4.69, 9.17) is 4.79 Å². The van der Waals surface area contributed by atoms with Gasteiger partial charge in [0.2, 0.25) is 0 Å². The molecule has 0 saturated carbocycles. The molecule has 0 aliphatic carbocycles. The maximum absolute atomic E-state index is 8.83. The Balaban J connectivity index is 0. The second-order valence-corrected chi connectivity index (χ2v) is 0.232. The Kier molecular flexibility index (Phi) is 16.1. The van der Waals surface area contributed by atoms with Crippen LogP contribution in [0.3, 0.4) is 0 Å². The third kappa shape index (κ3) is 17.0. The van der Waals surface area contributed by atoms with Crippen molar-refractivity contribution in [2.24, 2.45) is 5.90 Å². The van der Waals surface area contributed by atoms with Crippen LogP contribution in [-0.4, -0.2) is 6.47 Å². The van der Waals surface area contributed by atoms with E-state index in [1.165, 1.54) is 0 Å². The van der Waals surface area contributed by atoms with E-state index < -0.39 is 0 Å². The molecule has 0 aromatic carbocycles. The average molecular weight is 120 g/mol. The number of carbonyl (C=O) groups excluding carboxylic acids is 1. The standard InChI is InChI=1S/CH3NO2.Ni/c2-4-1-3;/h1H,2H2;. The van der Waals surface area contributed by atoms with Gasteiger partial charge in [-0.25, -0.2) is 0 Å². The molecule has 0 bridgehead atoms. The summed E-state index contributed by atoms with van der Waals surface area (Å²) in [6, 6.07) is 0. The normalized spacial score (nSPS) is 4.20. The van der Waals surface area contributed by atoms with Crippen molar-refractivity contribution in [2.75, 3.05) is 0 Å². The maximum atomic E-state index is 8.83. The summed E-state index contributed by atoms with van der Waals surface area (Å²) in [5.74, 6) is 4.16. The second-order valence-electron chi connectivity index (χ2n) is 0.232. The molecule has 0 rings (SSSR count). The van der Waals surface area contributed by atoms with E-state index in [1.54, 1.807) is 0 Å². The van der Waals surface area contributed by atoms with Crippen molar-refractivity contribution in [1.29, 1.82) is 0 Å². The Bertz CT molecular complexity index is 23.6. The van der Waals surface area contributed by atoms with E-state index in [9.17, 15) is 0 Å². The summed E-state index contributed by atoms with van der Waals surface area (Å²) >= 11 is 0. The van der Waals surface area contributed by atoms with E-state index in [2.05, 4.69) is 10.7 Å². The second kappa shape index (κ2) is 9.06. The molecule has 0 aromatic rings. The van der Waals surface area contributed by atoms with Crippen LogP contribution in [0.4, 0.5) is 0 Å². The Morgan fingerprint density at radius 1 is 1.80 bits per heavy atom. The molecule has 0 aromatic heterocycles. The van der Waals surface area contributed by atoms with Crippen LogP contribution in [0.15, 0.2) is 0 Å². The van der Waals surface area contributed by atoms with E-state index >= 15 is 0 Å². The number of hydrogen-bond donors (Lipinski definition) is 1. The fraction of sp³-hybridized carbons (Fsp3) is 0. The molecule has 2 N–H and O–H groups in total. The van der Waals surface area contributed by atoms with E-state index in [1.807, 2.05) is 0 Å². The third-order valence-electron chi connectivity index (χ3n) is 0.0556. The summed E-state index contributed by atoms with van der Waals surface area (Å²) in [5, 5.41) is 0. The minimum absolute atomic E-state index is 0.